The minimum absolute atomic E-state index is 0.0841. The number of furan rings is 1. The number of fused-ring (bicyclic) bond motifs is 1. The van der Waals surface area contributed by atoms with E-state index in [0.29, 0.717) is 11.3 Å². The van der Waals surface area contributed by atoms with Gasteiger partial charge in [0.25, 0.3) is 0 Å². The van der Waals surface area contributed by atoms with Gasteiger partial charge in [-0.25, -0.2) is 0 Å². The average molecular weight is 295 g/mol. The van der Waals surface area contributed by atoms with E-state index >= 15 is 0 Å². The zero-order valence-electron chi connectivity index (χ0n) is 12.8. The monoisotopic (exact) mass is 295 g/mol. The van der Waals surface area contributed by atoms with Gasteiger partial charge in [-0.3, -0.25) is 4.79 Å². The fourth-order valence-corrected chi connectivity index (χ4v) is 2.39. The van der Waals surface area contributed by atoms with Crippen molar-refractivity contribution in [3.8, 4) is 5.75 Å². The van der Waals surface area contributed by atoms with E-state index < -0.39 is 0 Å². The van der Waals surface area contributed by atoms with Crippen LogP contribution in [0.15, 0.2) is 46.9 Å². The topological polar surface area (TPSA) is 51.5 Å². The molecule has 4 nitrogen and oxygen atoms in total. The van der Waals surface area contributed by atoms with Gasteiger partial charge in [0, 0.05) is 24.1 Å². The molecule has 0 saturated heterocycles. The van der Waals surface area contributed by atoms with Crippen molar-refractivity contribution in [2.45, 2.75) is 13.8 Å². The summed E-state index contributed by atoms with van der Waals surface area (Å²) < 4.78 is 11.0. The summed E-state index contributed by atoms with van der Waals surface area (Å²) in [5.74, 6) is 1.10. The number of anilines is 2. The van der Waals surface area contributed by atoms with Crippen LogP contribution in [-0.2, 0) is 0 Å². The van der Waals surface area contributed by atoms with Crippen molar-refractivity contribution < 1.29 is 13.9 Å². The Morgan fingerprint density at radius 1 is 1.18 bits per heavy atom. The Balaban J connectivity index is 2.01. The first-order valence-corrected chi connectivity index (χ1v) is 7.03. The van der Waals surface area contributed by atoms with Crippen LogP contribution in [0, 0.1) is 6.92 Å². The number of hydrogen-bond acceptors (Lipinski definition) is 4. The molecule has 3 aromatic rings. The SMILES string of the molecule is COc1cc(Nc2cccc3cc(C(C)=O)oc23)ccc1C. The standard InChI is InChI=1S/C18H17NO3/c1-11-7-8-14(10-16(11)21-3)19-15-6-4-5-13-9-17(12(2)20)22-18(13)15/h4-10,19H,1-3H3. The molecule has 3 rings (SSSR count). The van der Waals surface area contributed by atoms with Gasteiger partial charge in [0.15, 0.2) is 17.1 Å². The Kier molecular flexibility index (Phi) is 3.59. The van der Waals surface area contributed by atoms with Crippen LogP contribution in [-0.4, -0.2) is 12.9 Å². The second kappa shape index (κ2) is 5.56. The molecule has 0 bridgehead atoms. The van der Waals surface area contributed by atoms with Crippen molar-refractivity contribution in [3.05, 3.63) is 53.8 Å². The molecular formula is C18H17NO3. The maximum Gasteiger partial charge on any atom is 0.194 e. The number of benzene rings is 2. The van der Waals surface area contributed by atoms with Crippen LogP contribution in [0.1, 0.15) is 23.0 Å². The Labute approximate surface area is 128 Å². The highest BCUT2D eigenvalue weighted by atomic mass is 16.5. The molecule has 0 unspecified atom stereocenters. The number of hydrogen-bond donors (Lipinski definition) is 1. The summed E-state index contributed by atoms with van der Waals surface area (Å²) in [6, 6.07) is 13.4. The number of ketones is 1. The number of nitrogens with one attached hydrogen (secondary N) is 1. The summed E-state index contributed by atoms with van der Waals surface area (Å²) >= 11 is 0. The van der Waals surface area contributed by atoms with Crippen LogP contribution in [0.3, 0.4) is 0 Å². The third kappa shape index (κ3) is 2.55. The molecule has 22 heavy (non-hydrogen) atoms. The number of Topliss-reactive ketones (excluding diaryl/α,β-unsaturated/α-hetero) is 1. The van der Waals surface area contributed by atoms with Gasteiger partial charge in [-0.05, 0) is 30.7 Å². The number of carbonyl (C=O) groups excluding carboxylic acids is 1. The molecule has 0 radical (unpaired) electrons. The third-order valence-corrected chi connectivity index (χ3v) is 3.58. The molecular weight excluding hydrogens is 278 g/mol. The average Bonchev–Trinajstić information content (AvgIpc) is 2.94. The molecule has 1 aromatic heterocycles. The third-order valence-electron chi connectivity index (χ3n) is 3.58. The van der Waals surface area contributed by atoms with Gasteiger partial charge in [0.2, 0.25) is 0 Å². The summed E-state index contributed by atoms with van der Waals surface area (Å²) in [4.78, 5) is 11.5. The van der Waals surface area contributed by atoms with E-state index in [2.05, 4.69) is 5.32 Å². The number of carbonyl (C=O) groups is 1. The quantitative estimate of drug-likeness (QED) is 0.709. The lowest BCUT2D eigenvalue weighted by Crippen LogP contribution is -1.93. The first kappa shape index (κ1) is 14.2. The van der Waals surface area contributed by atoms with E-state index in [-0.39, 0.29) is 5.78 Å². The molecule has 0 aliphatic rings. The van der Waals surface area contributed by atoms with Gasteiger partial charge >= 0.3 is 0 Å². The van der Waals surface area contributed by atoms with Crippen LogP contribution >= 0.6 is 0 Å². The largest absolute Gasteiger partial charge is 0.496 e. The Bertz CT molecular complexity index is 849. The first-order chi connectivity index (χ1) is 10.6. The zero-order valence-corrected chi connectivity index (χ0v) is 12.8. The van der Waals surface area contributed by atoms with Crippen molar-refractivity contribution in [1.82, 2.24) is 0 Å². The first-order valence-electron chi connectivity index (χ1n) is 7.03. The van der Waals surface area contributed by atoms with Gasteiger partial charge in [0.1, 0.15) is 5.75 Å². The molecule has 0 aliphatic heterocycles. The predicted octanol–water partition coefficient (Wildman–Crippen LogP) is 4.70. The maximum atomic E-state index is 11.5. The fourth-order valence-electron chi connectivity index (χ4n) is 2.39. The predicted molar refractivity (Wildman–Crippen MR) is 87.2 cm³/mol. The van der Waals surface area contributed by atoms with Gasteiger partial charge in [-0.15, -0.1) is 0 Å². The fraction of sp³-hybridized carbons (Fsp3) is 0.167. The molecule has 112 valence electrons. The summed E-state index contributed by atoms with van der Waals surface area (Å²) in [6.07, 6.45) is 0. The van der Waals surface area contributed by atoms with Crippen LogP contribution < -0.4 is 10.1 Å². The highest BCUT2D eigenvalue weighted by Gasteiger charge is 2.11. The molecule has 1 heterocycles. The number of rotatable bonds is 4. The van der Waals surface area contributed by atoms with Crippen molar-refractivity contribution in [2.24, 2.45) is 0 Å². The van der Waals surface area contributed by atoms with Crippen molar-refractivity contribution in [3.63, 3.8) is 0 Å². The van der Waals surface area contributed by atoms with E-state index in [1.807, 2.05) is 43.3 Å². The lowest BCUT2D eigenvalue weighted by molar-refractivity contribution is 0.0989. The summed E-state index contributed by atoms with van der Waals surface area (Å²) in [5, 5.41) is 4.21. The van der Waals surface area contributed by atoms with Gasteiger partial charge < -0.3 is 14.5 Å². The van der Waals surface area contributed by atoms with Crippen molar-refractivity contribution in [2.75, 3.05) is 12.4 Å². The van der Waals surface area contributed by atoms with E-state index in [4.69, 9.17) is 9.15 Å². The van der Waals surface area contributed by atoms with Gasteiger partial charge in [0.05, 0.1) is 12.8 Å². The second-order valence-corrected chi connectivity index (χ2v) is 5.20. The number of ether oxygens (including phenoxy) is 1. The Hall–Kier alpha value is -2.75. The van der Waals surface area contributed by atoms with Crippen LogP contribution in [0.25, 0.3) is 11.0 Å². The highest BCUT2D eigenvalue weighted by molar-refractivity contribution is 5.99. The zero-order chi connectivity index (χ0) is 15.7. The molecule has 2 aromatic carbocycles. The second-order valence-electron chi connectivity index (χ2n) is 5.20. The van der Waals surface area contributed by atoms with Crippen LogP contribution in [0.4, 0.5) is 11.4 Å². The molecule has 0 amide bonds. The molecule has 4 heteroatoms. The number of aryl methyl sites for hydroxylation is 1. The molecule has 0 atom stereocenters. The molecule has 0 fully saturated rings. The van der Waals surface area contributed by atoms with Crippen molar-refractivity contribution in [1.29, 1.82) is 0 Å². The van der Waals surface area contributed by atoms with E-state index in [1.54, 1.807) is 13.2 Å². The van der Waals surface area contributed by atoms with Gasteiger partial charge in [-0.1, -0.05) is 18.2 Å². The lowest BCUT2D eigenvalue weighted by atomic mass is 10.2. The molecule has 0 aliphatic carbocycles. The van der Waals surface area contributed by atoms with Crippen molar-refractivity contribution >= 4 is 28.1 Å². The minimum atomic E-state index is -0.0841. The molecule has 0 saturated carbocycles. The van der Waals surface area contributed by atoms with E-state index in [9.17, 15) is 4.79 Å². The lowest BCUT2D eigenvalue weighted by Gasteiger charge is -2.10. The maximum absolute atomic E-state index is 11.5. The Morgan fingerprint density at radius 2 is 2.00 bits per heavy atom. The van der Waals surface area contributed by atoms with Crippen LogP contribution in [0.2, 0.25) is 0 Å². The highest BCUT2D eigenvalue weighted by Crippen LogP contribution is 2.31. The smallest absolute Gasteiger partial charge is 0.194 e. The number of methoxy groups -OCH3 is 1. The minimum Gasteiger partial charge on any atom is -0.496 e. The number of para-hydroxylation sites is 1. The summed E-state index contributed by atoms with van der Waals surface area (Å²) in [7, 11) is 1.65. The molecule has 0 spiro atoms. The summed E-state index contributed by atoms with van der Waals surface area (Å²) in [6.45, 7) is 3.49. The van der Waals surface area contributed by atoms with E-state index in [0.717, 1.165) is 28.1 Å². The molecule has 1 N–H and O–H groups in total. The normalized spacial score (nSPS) is 10.7. The van der Waals surface area contributed by atoms with Gasteiger partial charge in [-0.2, -0.15) is 0 Å². The van der Waals surface area contributed by atoms with E-state index in [1.165, 1.54) is 6.92 Å². The van der Waals surface area contributed by atoms with Crippen LogP contribution in [0.5, 0.6) is 5.75 Å². The summed E-state index contributed by atoms with van der Waals surface area (Å²) in [5.41, 5.74) is 3.46. The Morgan fingerprint density at radius 3 is 2.73 bits per heavy atom.